The Morgan fingerprint density at radius 3 is 2.58 bits per heavy atom. The van der Waals surface area contributed by atoms with E-state index in [0.29, 0.717) is 48.3 Å². The van der Waals surface area contributed by atoms with Crippen LogP contribution in [0.4, 0.5) is 16.3 Å². The van der Waals surface area contributed by atoms with E-state index in [0.717, 1.165) is 18.4 Å². The molecule has 0 spiro atoms. The topological polar surface area (TPSA) is 114 Å². The Morgan fingerprint density at radius 1 is 1.18 bits per heavy atom. The molecule has 2 aromatic rings. The first-order valence-electron chi connectivity index (χ1n) is 11.3. The summed E-state index contributed by atoms with van der Waals surface area (Å²) in [6.07, 6.45) is 2.05. The van der Waals surface area contributed by atoms with Gasteiger partial charge in [-0.15, -0.1) is 0 Å². The lowest BCUT2D eigenvalue weighted by Gasteiger charge is -2.35. The van der Waals surface area contributed by atoms with Crippen molar-refractivity contribution in [1.29, 1.82) is 0 Å². The van der Waals surface area contributed by atoms with Gasteiger partial charge in [0, 0.05) is 29.4 Å². The van der Waals surface area contributed by atoms with Gasteiger partial charge >= 0.3 is 6.03 Å². The lowest BCUT2D eigenvalue weighted by molar-refractivity contribution is 0.0984. The molecule has 3 aliphatic rings. The molecule has 1 aliphatic carbocycles. The third-order valence-corrected chi connectivity index (χ3v) is 9.04. The Hall–Kier alpha value is -2.72. The number of nitrogens with one attached hydrogen (secondary N) is 2. The van der Waals surface area contributed by atoms with E-state index in [1.165, 1.54) is 0 Å². The van der Waals surface area contributed by atoms with Crippen molar-refractivity contribution in [2.45, 2.75) is 56.2 Å². The summed E-state index contributed by atoms with van der Waals surface area (Å²) >= 11 is 0. The molecule has 10 heteroatoms. The van der Waals surface area contributed by atoms with Crippen molar-refractivity contribution in [2.24, 2.45) is 0 Å². The van der Waals surface area contributed by atoms with Crippen LogP contribution in [0.2, 0.25) is 0 Å². The van der Waals surface area contributed by atoms with E-state index in [-0.39, 0.29) is 23.9 Å². The number of carbonyl (C=O) groups excluding carboxylic acids is 1. The van der Waals surface area contributed by atoms with Crippen LogP contribution in [0.1, 0.15) is 44.9 Å². The largest absolute Gasteiger partial charge is 0.377 e. The van der Waals surface area contributed by atoms with Gasteiger partial charge in [-0.1, -0.05) is 0 Å². The Kier molecular flexibility index (Phi) is 5.32. The number of ether oxygens (including phenoxy) is 1. The predicted octanol–water partition coefficient (Wildman–Crippen LogP) is 2.82. The van der Waals surface area contributed by atoms with E-state index < -0.39 is 14.6 Å². The van der Waals surface area contributed by atoms with Crippen LogP contribution in [0.3, 0.4) is 0 Å². The minimum absolute atomic E-state index is 0.0615. The fourth-order valence-electron chi connectivity index (χ4n) is 4.31. The molecule has 176 valence electrons. The van der Waals surface area contributed by atoms with Crippen LogP contribution < -0.4 is 15.5 Å². The summed E-state index contributed by atoms with van der Waals surface area (Å²) in [6, 6.07) is 7.44. The zero-order chi connectivity index (χ0) is 23.4. The van der Waals surface area contributed by atoms with Gasteiger partial charge in [-0.2, -0.15) is 0 Å². The van der Waals surface area contributed by atoms with Gasteiger partial charge in [0.1, 0.15) is 10.6 Å². The maximum absolute atomic E-state index is 13.0. The molecule has 1 saturated heterocycles. The van der Waals surface area contributed by atoms with Crippen LogP contribution in [0.5, 0.6) is 0 Å². The number of hydrogen-bond acceptors (Lipinski definition) is 7. The van der Waals surface area contributed by atoms with Gasteiger partial charge in [0.15, 0.2) is 15.7 Å². The van der Waals surface area contributed by atoms with Crippen molar-refractivity contribution >= 4 is 27.4 Å². The molecule has 1 atom stereocenters. The number of rotatable bonds is 4. The van der Waals surface area contributed by atoms with E-state index in [2.05, 4.69) is 22.5 Å². The zero-order valence-electron chi connectivity index (χ0n) is 19.1. The summed E-state index contributed by atoms with van der Waals surface area (Å²) in [5.74, 6) is 1.08. The van der Waals surface area contributed by atoms with Gasteiger partial charge in [-0.25, -0.2) is 23.2 Å². The van der Waals surface area contributed by atoms with Crippen LogP contribution in [0.25, 0.3) is 11.4 Å². The average Bonchev–Trinajstić information content (AvgIpc) is 3.55. The lowest BCUT2D eigenvalue weighted by atomic mass is 10.0. The summed E-state index contributed by atoms with van der Waals surface area (Å²) in [6.45, 7) is 7.25. The van der Waals surface area contributed by atoms with Gasteiger partial charge < -0.3 is 20.3 Å². The van der Waals surface area contributed by atoms with E-state index >= 15 is 0 Å². The summed E-state index contributed by atoms with van der Waals surface area (Å²) in [5.41, 5.74) is 2.68. The number of benzene rings is 1. The molecule has 2 fully saturated rings. The number of amides is 2. The van der Waals surface area contributed by atoms with Crippen molar-refractivity contribution in [2.75, 3.05) is 30.0 Å². The Morgan fingerprint density at radius 2 is 1.91 bits per heavy atom. The highest BCUT2D eigenvalue weighted by molar-refractivity contribution is 7.91. The third-order valence-electron chi connectivity index (χ3n) is 6.62. The minimum atomic E-state index is -3.40. The number of carbonyl (C=O) groups is 1. The van der Waals surface area contributed by atoms with Crippen molar-refractivity contribution in [3.05, 3.63) is 35.5 Å². The number of morpholine rings is 1. The standard InChI is InChI=1S/C23H29N5O4S/c1-14-12-32-11-10-28(14)21-18-13-33(30,31)23(2,3)19(18)26-20(27-21)15-4-6-16(7-5-15)24-22(29)25-17-8-9-17/h4-7,14,17H,8-13H2,1-3H3,(H2,24,25,29)/t14-/m1/s1. The highest BCUT2D eigenvalue weighted by Crippen LogP contribution is 2.44. The second-order valence-corrected chi connectivity index (χ2v) is 12.1. The average molecular weight is 472 g/mol. The SMILES string of the molecule is C[C@@H]1COCCN1c1nc(-c2ccc(NC(=O)NC3CC3)cc2)nc2c1CS(=O)(=O)C2(C)C. The number of urea groups is 1. The van der Waals surface area contributed by atoms with Crippen LogP contribution in [0, 0.1) is 0 Å². The molecule has 0 unspecified atom stereocenters. The molecule has 1 aromatic carbocycles. The second kappa shape index (κ2) is 7.95. The molecule has 1 saturated carbocycles. The molecule has 1 aromatic heterocycles. The van der Waals surface area contributed by atoms with E-state index in [1.54, 1.807) is 26.0 Å². The maximum Gasteiger partial charge on any atom is 0.319 e. The molecule has 2 amide bonds. The number of hydrogen-bond donors (Lipinski definition) is 2. The first kappa shape index (κ1) is 22.1. The van der Waals surface area contributed by atoms with Crippen LogP contribution in [0.15, 0.2) is 24.3 Å². The Labute approximate surface area is 193 Å². The summed E-state index contributed by atoms with van der Waals surface area (Å²) in [4.78, 5) is 23.7. The molecule has 2 aliphatic heterocycles. The fraction of sp³-hybridized carbons (Fsp3) is 0.522. The minimum Gasteiger partial charge on any atom is -0.377 e. The van der Waals surface area contributed by atoms with E-state index in [1.807, 2.05) is 12.1 Å². The molecule has 0 bridgehead atoms. The van der Waals surface area contributed by atoms with Gasteiger partial charge in [0.05, 0.1) is 30.7 Å². The van der Waals surface area contributed by atoms with Gasteiger partial charge in [-0.3, -0.25) is 0 Å². The Bertz CT molecular complexity index is 1190. The smallest absolute Gasteiger partial charge is 0.319 e. The Balaban J connectivity index is 1.51. The van der Waals surface area contributed by atoms with Gasteiger partial charge in [-0.05, 0) is 57.9 Å². The third kappa shape index (κ3) is 4.06. The number of anilines is 2. The number of nitrogens with zero attached hydrogens (tertiary/aromatic N) is 3. The number of fused-ring (bicyclic) bond motifs is 1. The monoisotopic (exact) mass is 471 g/mol. The molecule has 2 N–H and O–H groups in total. The molecule has 9 nitrogen and oxygen atoms in total. The van der Waals surface area contributed by atoms with Gasteiger partial charge in [0.25, 0.3) is 0 Å². The van der Waals surface area contributed by atoms with Crippen molar-refractivity contribution in [3.8, 4) is 11.4 Å². The number of sulfone groups is 1. The zero-order valence-corrected chi connectivity index (χ0v) is 19.9. The predicted molar refractivity (Wildman–Crippen MR) is 126 cm³/mol. The van der Waals surface area contributed by atoms with Crippen LogP contribution >= 0.6 is 0 Å². The fourth-order valence-corrected chi connectivity index (χ4v) is 5.78. The molecular weight excluding hydrogens is 442 g/mol. The summed E-state index contributed by atoms with van der Waals surface area (Å²) in [7, 11) is -3.40. The van der Waals surface area contributed by atoms with Crippen molar-refractivity contribution in [3.63, 3.8) is 0 Å². The molecule has 5 rings (SSSR count). The quantitative estimate of drug-likeness (QED) is 0.705. The van der Waals surface area contributed by atoms with Crippen molar-refractivity contribution < 1.29 is 17.9 Å². The number of aromatic nitrogens is 2. The molecule has 33 heavy (non-hydrogen) atoms. The first-order chi connectivity index (χ1) is 15.7. The second-order valence-electron chi connectivity index (χ2n) is 9.53. The first-order valence-corrected chi connectivity index (χ1v) is 13.0. The summed E-state index contributed by atoms with van der Waals surface area (Å²) < 4.78 is 30.4. The highest BCUT2D eigenvalue weighted by atomic mass is 32.2. The molecule has 3 heterocycles. The van der Waals surface area contributed by atoms with E-state index in [4.69, 9.17) is 14.7 Å². The maximum atomic E-state index is 13.0. The molecule has 0 radical (unpaired) electrons. The lowest BCUT2D eigenvalue weighted by Crippen LogP contribution is -2.44. The van der Waals surface area contributed by atoms with Crippen LogP contribution in [-0.4, -0.2) is 56.3 Å². The molecular formula is C23H29N5O4S. The van der Waals surface area contributed by atoms with Crippen molar-refractivity contribution in [1.82, 2.24) is 15.3 Å². The normalized spacial score (nSPS) is 23.1. The summed E-state index contributed by atoms with van der Waals surface area (Å²) in [5, 5.41) is 5.73. The van der Waals surface area contributed by atoms with E-state index in [9.17, 15) is 13.2 Å². The highest BCUT2D eigenvalue weighted by Gasteiger charge is 2.48. The van der Waals surface area contributed by atoms with Crippen LogP contribution in [-0.2, 0) is 25.1 Å². The van der Waals surface area contributed by atoms with Gasteiger partial charge in [0.2, 0.25) is 0 Å².